The van der Waals surface area contributed by atoms with Crippen molar-refractivity contribution in [3.63, 3.8) is 0 Å². The molecule has 0 aliphatic rings. The van der Waals surface area contributed by atoms with E-state index in [9.17, 15) is 0 Å². The van der Waals surface area contributed by atoms with Crippen molar-refractivity contribution < 1.29 is 13.3 Å². The maximum absolute atomic E-state index is 5.13. The molecule has 3 nitrogen and oxygen atoms in total. The van der Waals surface area contributed by atoms with E-state index in [1.807, 2.05) is 0 Å². The third-order valence-electron chi connectivity index (χ3n) is 1.41. The van der Waals surface area contributed by atoms with Crippen LogP contribution < -0.4 is 0 Å². The highest BCUT2D eigenvalue weighted by Crippen LogP contribution is 2.10. The lowest BCUT2D eigenvalue weighted by Gasteiger charge is -2.21. The third kappa shape index (κ3) is 3.04. The van der Waals surface area contributed by atoms with Gasteiger partial charge in [0.1, 0.15) is 0 Å². The fourth-order valence-corrected chi connectivity index (χ4v) is 1.99. The van der Waals surface area contributed by atoms with Gasteiger partial charge in [-0.15, -0.1) is 5.92 Å². The molecule has 0 rings (SSSR count). The molecule has 0 radical (unpaired) electrons. The van der Waals surface area contributed by atoms with Crippen LogP contribution in [0.1, 0.15) is 6.92 Å². The van der Waals surface area contributed by atoms with Crippen molar-refractivity contribution >= 4 is 8.80 Å². The fraction of sp³-hybridized carbons (Fsp3) is 0.714. The van der Waals surface area contributed by atoms with E-state index in [0.29, 0.717) is 6.04 Å². The van der Waals surface area contributed by atoms with Crippen molar-refractivity contribution in [2.45, 2.75) is 13.0 Å². The summed E-state index contributed by atoms with van der Waals surface area (Å²) in [6, 6.07) is 0.549. The molecule has 0 unspecified atom stereocenters. The molecule has 0 aliphatic heterocycles. The van der Waals surface area contributed by atoms with E-state index in [2.05, 4.69) is 11.8 Å². The van der Waals surface area contributed by atoms with Crippen LogP contribution in [0.15, 0.2) is 0 Å². The number of hydrogen-bond donors (Lipinski definition) is 0. The zero-order valence-corrected chi connectivity index (χ0v) is 8.43. The van der Waals surface area contributed by atoms with E-state index in [4.69, 9.17) is 13.3 Å². The molecule has 0 aromatic carbocycles. The molecular weight excluding hydrogens is 160 g/mol. The van der Waals surface area contributed by atoms with Crippen molar-refractivity contribution in [1.29, 1.82) is 0 Å². The summed E-state index contributed by atoms with van der Waals surface area (Å²) in [5, 5.41) is 0. The first kappa shape index (κ1) is 10.7. The Morgan fingerprint density at radius 2 is 1.55 bits per heavy atom. The fourth-order valence-electron chi connectivity index (χ4n) is 0.663. The predicted octanol–water partition coefficient (Wildman–Crippen LogP) is 0.888. The molecule has 0 amide bonds. The van der Waals surface area contributed by atoms with Crippen LogP contribution in [-0.2, 0) is 13.3 Å². The van der Waals surface area contributed by atoms with Crippen LogP contribution in [0.3, 0.4) is 0 Å². The zero-order chi connectivity index (χ0) is 8.74. The first-order valence-electron chi connectivity index (χ1n) is 3.29. The lowest BCUT2D eigenvalue weighted by atomic mass is 10.7. The molecule has 0 fully saturated rings. The highest BCUT2D eigenvalue weighted by molar-refractivity contribution is 6.61. The Kier molecular flexibility index (Phi) is 5.16. The second kappa shape index (κ2) is 5.33. The Balaban J connectivity index is 4.12. The molecule has 0 aliphatic carbocycles. The van der Waals surface area contributed by atoms with Gasteiger partial charge in [0.2, 0.25) is 0 Å². The summed E-state index contributed by atoms with van der Waals surface area (Å²) in [4.78, 5) is 0. The van der Waals surface area contributed by atoms with Gasteiger partial charge in [-0.25, -0.2) is 0 Å². The van der Waals surface area contributed by atoms with Crippen molar-refractivity contribution in [3.05, 3.63) is 0 Å². The van der Waals surface area contributed by atoms with E-state index in [1.54, 1.807) is 28.3 Å². The third-order valence-corrected chi connectivity index (χ3v) is 3.89. The van der Waals surface area contributed by atoms with Crippen LogP contribution >= 0.6 is 0 Å². The summed E-state index contributed by atoms with van der Waals surface area (Å²) >= 11 is 0. The zero-order valence-electron chi connectivity index (χ0n) is 7.43. The smallest absolute Gasteiger partial charge is 0.376 e. The summed E-state index contributed by atoms with van der Waals surface area (Å²) in [7, 11) is 2.33. The molecule has 11 heavy (non-hydrogen) atoms. The average Bonchev–Trinajstić information content (AvgIpc) is 2.08. The van der Waals surface area contributed by atoms with Crippen LogP contribution in [0.4, 0.5) is 0 Å². The molecule has 64 valence electrons. The summed E-state index contributed by atoms with van der Waals surface area (Å²) in [6.45, 7) is 1.78. The van der Waals surface area contributed by atoms with Gasteiger partial charge < -0.3 is 13.3 Å². The van der Waals surface area contributed by atoms with Gasteiger partial charge in [-0.3, -0.25) is 0 Å². The van der Waals surface area contributed by atoms with Crippen LogP contribution in [0.5, 0.6) is 0 Å². The Bertz CT molecular complexity index is 147. The monoisotopic (exact) mass is 174 g/mol. The normalized spacial score (nSPS) is 10.5. The molecule has 4 heteroatoms. The summed E-state index contributed by atoms with van der Waals surface area (Å²) in [5.41, 5.74) is 0. The number of hydrogen-bond acceptors (Lipinski definition) is 3. The van der Waals surface area contributed by atoms with E-state index < -0.39 is 8.80 Å². The summed E-state index contributed by atoms with van der Waals surface area (Å²) in [5.74, 6) is 5.65. The summed E-state index contributed by atoms with van der Waals surface area (Å²) < 4.78 is 15.4. The first-order chi connectivity index (χ1) is 5.24. The van der Waals surface area contributed by atoms with E-state index in [1.165, 1.54) is 0 Å². The average molecular weight is 174 g/mol. The van der Waals surface area contributed by atoms with Gasteiger partial charge in [-0.05, 0) is 6.92 Å². The molecule has 0 saturated heterocycles. The standard InChI is InChI=1S/C7H14O3Si/c1-5-6-7-11(8-2,9-3)10-4/h7H2,1-4H3. The quantitative estimate of drug-likeness (QED) is 0.468. The largest absolute Gasteiger partial charge is 0.512 e. The van der Waals surface area contributed by atoms with Crippen LogP contribution in [0.2, 0.25) is 6.04 Å². The molecule has 0 bridgehead atoms. The lowest BCUT2D eigenvalue weighted by Crippen LogP contribution is -2.42. The molecule has 0 spiro atoms. The first-order valence-corrected chi connectivity index (χ1v) is 5.23. The van der Waals surface area contributed by atoms with Crippen molar-refractivity contribution in [1.82, 2.24) is 0 Å². The second-order valence-electron chi connectivity index (χ2n) is 1.90. The summed E-state index contributed by atoms with van der Waals surface area (Å²) in [6.07, 6.45) is 0. The van der Waals surface area contributed by atoms with Gasteiger partial charge >= 0.3 is 8.80 Å². The molecule has 0 saturated carbocycles. The van der Waals surface area contributed by atoms with Crippen LogP contribution in [0.25, 0.3) is 0 Å². The van der Waals surface area contributed by atoms with E-state index in [0.717, 1.165) is 0 Å². The Hall–Kier alpha value is -0.343. The Morgan fingerprint density at radius 3 is 1.82 bits per heavy atom. The minimum atomic E-state index is -2.41. The minimum absolute atomic E-state index is 0.549. The molecule has 0 atom stereocenters. The van der Waals surface area contributed by atoms with Crippen LogP contribution in [-0.4, -0.2) is 30.1 Å². The van der Waals surface area contributed by atoms with Crippen LogP contribution in [0, 0.1) is 11.8 Å². The molecular formula is C7H14O3Si. The highest BCUT2D eigenvalue weighted by atomic mass is 28.4. The Morgan fingerprint density at radius 1 is 1.09 bits per heavy atom. The van der Waals surface area contributed by atoms with Gasteiger partial charge in [-0.1, -0.05) is 5.92 Å². The van der Waals surface area contributed by atoms with E-state index in [-0.39, 0.29) is 0 Å². The molecule has 0 heterocycles. The number of rotatable bonds is 4. The van der Waals surface area contributed by atoms with Gasteiger partial charge in [0.05, 0.1) is 6.04 Å². The van der Waals surface area contributed by atoms with E-state index >= 15 is 0 Å². The van der Waals surface area contributed by atoms with Gasteiger partial charge in [0.25, 0.3) is 0 Å². The topological polar surface area (TPSA) is 27.7 Å². The maximum Gasteiger partial charge on any atom is 0.512 e. The minimum Gasteiger partial charge on any atom is -0.376 e. The maximum atomic E-state index is 5.13. The molecule has 0 N–H and O–H groups in total. The SMILES string of the molecule is CC#CC[Si](OC)(OC)OC. The highest BCUT2D eigenvalue weighted by Gasteiger charge is 2.36. The van der Waals surface area contributed by atoms with Crippen molar-refractivity contribution in [2.75, 3.05) is 21.3 Å². The van der Waals surface area contributed by atoms with Crippen molar-refractivity contribution in [2.24, 2.45) is 0 Å². The molecule has 0 aromatic rings. The lowest BCUT2D eigenvalue weighted by molar-refractivity contribution is 0.128. The predicted molar refractivity (Wildman–Crippen MR) is 45.0 cm³/mol. The van der Waals surface area contributed by atoms with Gasteiger partial charge in [0, 0.05) is 21.3 Å². The second-order valence-corrected chi connectivity index (χ2v) is 4.84. The van der Waals surface area contributed by atoms with Gasteiger partial charge in [-0.2, -0.15) is 0 Å². The van der Waals surface area contributed by atoms with Gasteiger partial charge in [0.15, 0.2) is 0 Å². The Labute approximate surface area is 69.0 Å². The molecule has 0 aromatic heterocycles. The van der Waals surface area contributed by atoms with Crippen molar-refractivity contribution in [3.8, 4) is 11.8 Å².